The molecule has 0 aliphatic heterocycles. The van der Waals surface area contributed by atoms with E-state index in [1.807, 2.05) is 18.2 Å². The highest BCUT2D eigenvalue weighted by Crippen LogP contribution is 2.30. The summed E-state index contributed by atoms with van der Waals surface area (Å²) >= 11 is 7.65. The van der Waals surface area contributed by atoms with Gasteiger partial charge >= 0.3 is 0 Å². The second kappa shape index (κ2) is 5.43. The minimum absolute atomic E-state index is 0.230. The molecule has 0 saturated heterocycles. The van der Waals surface area contributed by atoms with Crippen molar-refractivity contribution in [3.8, 4) is 0 Å². The molecule has 2 N–H and O–H groups in total. The van der Waals surface area contributed by atoms with Crippen molar-refractivity contribution in [2.75, 3.05) is 5.73 Å². The minimum Gasteiger partial charge on any atom is -0.398 e. The van der Waals surface area contributed by atoms with Gasteiger partial charge in [0.1, 0.15) is 5.82 Å². The van der Waals surface area contributed by atoms with Crippen LogP contribution in [0, 0.1) is 5.82 Å². The van der Waals surface area contributed by atoms with Crippen LogP contribution in [0.15, 0.2) is 47.4 Å². The zero-order valence-corrected chi connectivity index (χ0v) is 10.6. The molecule has 4 heteroatoms. The van der Waals surface area contributed by atoms with Crippen LogP contribution in [-0.4, -0.2) is 0 Å². The Kier molecular flexibility index (Phi) is 3.92. The average molecular weight is 268 g/mol. The van der Waals surface area contributed by atoms with Crippen LogP contribution in [-0.2, 0) is 5.75 Å². The number of benzene rings is 2. The Morgan fingerprint density at radius 3 is 2.47 bits per heavy atom. The zero-order chi connectivity index (χ0) is 12.3. The summed E-state index contributed by atoms with van der Waals surface area (Å²) < 4.78 is 12.7. The van der Waals surface area contributed by atoms with Crippen LogP contribution in [0.5, 0.6) is 0 Å². The number of thioether (sulfide) groups is 1. The maximum atomic E-state index is 12.7. The normalized spacial score (nSPS) is 10.5. The number of rotatable bonds is 3. The molecule has 0 saturated carbocycles. The smallest absolute Gasteiger partial charge is 0.123 e. The summed E-state index contributed by atoms with van der Waals surface area (Å²) in [6.07, 6.45) is 0. The molecule has 0 spiro atoms. The predicted molar refractivity (Wildman–Crippen MR) is 71.8 cm³/mol. The lowest BCUT2D eigenvalue weighted by Crippen LogP contribution is -1.93. The van der Waals surface area contributed by atoms with E-state index in [9.17, 15) is 4.39 Å². The maximum absolute atomic E-state index is 12.7. The molecular formula is C13H11ClFNS. The Balaban J connectivity index is 2.10. The number of anilines is 1. The van der Waals surface area contributed by atoms with Crippen LogP contribution >= 0.6 is 23.4 Å². The average Bonchev–Trinajstić information content (AvgIpc) is 2.31. The molecule has 0 bridgehead atoms. The van der Waals surface area contributed by atoms with Gasteiger partial charge in [-0.3, -0.25) is 0 Å². The predicted octanol–water partition coefficient (Wildman–Crippen LogP) is 4.35. The van der Waals surface area contributed by atoms with Crippen molar-refractivity contribution in [2.45, 2.75) is 10.6 Å². The van der Waals surface area contributed by atoms with E-state index in [-0.39, 0.29) is 5.82 Å². The van der Waals surface area contributed by atoms with Gasteiger partial charge < -0.3 is 5.73 Å². The van der Waals surface area contributed by atoms with Crippen molar-refractivity contribution < 1.29 is 4.39 Å². The fourth-order valence-corrected chi connectivity index (χ4v) is 2.70. The van der Waals surface area contributed by atoms with Gasteiger partial charge in [0.25, 0.3) is 0 Å². The number of nitrogens with two attached hydrogens (primary N) is 1. The Morgan fingerprint density at radius 1 is 1.12 bits per heavy atom. The summed E-state index contributed by atoms with van der Waals surface area (Å²) in [4.78, 5) is 0.991. The number of hydrogen-bond acceptors (Lipinski definition) is 2. The van der Waals surface area contributed by atoms with Crippen molar-refractivity contribution in [2.24, 2.45) is 0 Å². The summed E-state index contributed by atoms with van der Waals surface area (Å²) in [5.41, 5.74) is 7.46. The maximum Gasteiger partial charge on any atom is 0.123 e. The third-order valence-corrected chi connectivity index (χ3v) is 3.74. The lowest BCUT2D eigenvalue weighted by molar-refractivity contribution is 0.626. The summed E-state index contributed by atoms with van der Waals surface area (Å²) in [6, 6.07) is 11.8. The lowest BCUT2D eigenvalue weighted by atomic mass is 10.2. The minimum atomic E-state index is -0.230. The summed E-state index contributed by atoms with van der Waals surface area (Å²) in [7, 11) is 0. The van der Waals surface area contributed by atoms with Crippen molar-refractivity contribution in [3.05, 3.63) is 58.9 Å². The Hall–Kier alpha value is -1.19. The van der Waals surface area contributed by atoms with Gasteiger partial charge in [0.05, 0.1) is 0 Å². The first-order chi connectivity index (χ1) is 8.16. The molecule has 1 nitrogen and oxygen atoms in total. The number of hydrogen-bond donors (Lipinski definition) is 1. The van der Waals surface area contributed by atoms with Crippen molar-refractivity contribution in [1.82, 2.24) is 0 Å². The molecule has 0 aliphatic carbocycles. The molecule has 17 heavy (non-hydrogen) atoms. The third-order valence-electron chi connectivity index (χ3n) is 2.35. The SMILES string of the molecule is Nc1cccc(Cl)c1CSc1ccc(F)cc1. The standard InChI is InChI=1S/C13H11ClFNS/c14-12-2-1-3-13(16)11(12)8-17-10-6-4-9(15)5-7-10/h1-7H,8,16H2. The zero-order valence-electron chi connectivity index (χ0n) is 8.99. The van der Waals surface area contributed by atoms with Gasteiger partial charge in [-0.05, 0) is 36.4 Å². The van der Waals surface area contributed by atoms with E-state index < -0.39 is 0 Å². The molecule has 88 valence electrons. The fraction of sp³-hybridized carbons (Fsp3) is 0.0769. The topological polar surface area (TPSA) is 26.0 Å². The van der Waals surface area contributed by atoms with E-state index in [1.165, 1.54) is 12.1 Å². The first kappa shape index (κ1) is 12.3. The molecule has 0 aromatic heterocycles. The highest BCUT2D eigenvalue weighted by Gasteiger charge is 2.05. The fourth-order valence-electron chi connectivity index (χ4n) is 1.41. The van der Waals surface area contributed by atoms with Crippen LogP contribution in [0.25, 0.3) is 0 Å². The molecule has 0 aliphatic rings. The van der Waals surface area contributed by atoms with Crippen LogP contribution in [0.2, 0.25) is 5.02 Å². The van der Waals surface area contributed by atoms with Gasteiger partial charge in [0, 0.05) is 26.9 Å². The molecule has 0 atom stereocenters. The van der Waals surface area contributed by atoms with E-state index in [1.54, 1.807) is 23.9 Å². The molecule has 0 amide bonds. The second-order valence-corrected chi connectivity index (χ2v) is 5.01. The molecule has 2 aromatic carbocycles. The summed E-state index contributed by atoms with van der Waals surface area (Å²) in [6.45, 7) is 0. The van der Waals surface area contributed by atoms with Crippen molar-refractivity contribution in [1.29, 1.82) is 0 Å². The third kappa shape index (κ3) is 3.14. The van der Waals surface area contributed by atoms with Crippen LogP contribution < -0.4 is 5.73 Å². The molecule has 2 aromatic rings. The van der Waals surface area contributed by atoms with Crippen molar-refractivity contribution >= 4 is 29.1 Å². The van der Waals surface area contributed by atoms with Gasteiger partial charge in [-0.2, -0.15) is 0 Å². The van der Waals surface area contributed by atoms with E-state index in [4.69, 9.17) is 17.3 Å². The number of nitrogen functional groups attached to an aromatic ring is 1. The first-order valence-corrected chi connectivity index (χ1v) is 6.44. The number of halogens is 2. The van der Waals surface area contributed by atoms with E-state index in [2.05, 4.69) is 0 Å². The van der Waals surface area contributed by atoms with Gasteiger partial charge in [0.2, 0.25) is 0 Å². The summed E-state index contributed by atoms with van der Waals surface area (Å²) in [5, 5.41) is 0.666. The second-order valence-electron chi connectivity index (χ2n) is 3.55. The van der Waals surface area contributed by atoms with E-state index in [0.29, 0.717) is 16.5 Å². The lowest BCUT2D eigenvalue weighted by Gasteiger charge is -2.07. The Morgan fingerprint density at radius 2 is 1.82 bits per heavy atom. The highest BCUT2D eigenvalue weighted by atomic mass is 35.5. The first-order valence-electron chi connectivity index (χ1n) is 5.08. The van der Waals surface area contributed by atoms with Crippen LogP contribution in [0.4, 0.5) is 10.1 Å². The molecule has 0 radical (unpaired) electrons. The van der Waals surface area contributed by atoms with Crippen LogP contribution in [0.1, 0.15) is 5.56 Å². The van der Waals surface area contributed by atoms with Crippen molar-refractivity contribution in [3.63, 3.8) is 0 Å². The van der Waals surface area contributed by atoms with Crippen LogP contribution in [0.3, 0.4) is 0 Å². The Bertz CT molecular complexity index is 493. The highest BCUT2D eigenvalue weighted by molar-refractivity contribution is 7.98. The molecule has 0 fully saturated rings. The molecule has 2 rings (SSSR count). The molecule has 0 heterocycles. The van der Waals surface area contributed by atoms with Gasteiger partial charge in [-0.15, -0.1) is 11.8 Å². The monoisotopic (exact) mass is 267 g/mol. The molecule has 0 unspecified atom stereocenters. The van der Waals surface area contributed by atoms with Gasteiger partial charge in [-0.25, -0.2) is 4.39 Å². The van der Waals surface area contributed by atoms with E-state index >= 15 is 0 Å². The Labute approximate surface area is 109 Å². The summed E-state index contributed by atoms with van der Waals surface area (Å²) in [5.74, 6) is 0.448. The quantitative estimate of drug-likeness (QED) is 0.661. The van der Waals surface area contributed by atoms with Gasteiger partial charge in [0.15, 0.2) is 0 Å². The van der Waals surface area contributed by atoms with E-state index in [0.717, 1.165) is 10.5 Å². The van der Waals surface area contributed by atoms with Gasteiger partial charge in [-0.1, -0.05) is 17.7 Å². The largest absolute Gasteiger partial charge is 0.398 e. The molecular weight excluding hydrogens is 257 g/mol.